The third-order valence-corrected chi connectivity index (χ3v) is 9.38. The van der Waals surface area contributed by atoms with Gasteiger partial charge in [-0.15, -0.1) is 11.8 Å². The smallest absolute Gasteiger partial charge is 0.272 e. The Bertz CT molecular complexity index is 957. The van der Waals surface area contributed by atoms with E-state index in [1.807, 2.05) is 18.9 Å². The van der Waals surface area contributed by atoms with Crippen LogP contribution in [-0.4, -0.2) is 113 Å². The summed E-state index contributed by atoms with van der Waals surface area (Å²) < 4.78 is 0.525. The molecular weight excluding hydrogens is 474 g/mol. The quantitative estimate of drug-likeness (QED) is 0.250. The van der Waals surface area contributed by atoms with Gasteiger partial charge in [0.05, 0.1) is 62.5 Å². The molecule has 12 heteroatoms. The third kappa shape index (κ3) is 4.81. The van der Waals surface area contributed by atoms with Crippen LogP contribution in [0.4, 0.5) is 0 Å². The number of nitrogens with one attached hydrogen (secondary N) is 1. The lowest BCUT2D eigenvalue weighted by Crippen LogP contribution is -2.64. The number of carbonyl (C=O) groups excluding carboxylic acids is 4. The highest BCUT2D eigenvalue weighted by Gasteiger charge is 2.59. The molecule has 0 spiro atoms. The minimum atomic E-state index is -1.39. The molecule has 4 rings (SSSR count). The monoisotopic (exact) mass is 509 g/mol. The highest BCUT2D eigenvalue weighted by atomic mass is 32.2. The Morgan fingerprint density at radius 3 is 2.66 bits per heavy atom. The molecule has 1 unspecified atom stereocenters. The molecule has 0 aromatic heterocycles. The first kappa shape index (κ1) is 25.9. The molecule has 0 aromatic carbocycles. The zero-order valence-corrected chi connectivity index (χ0v) is 21.3. The fraction of sp³-hybridized carbons (Fsp3) is 0.739. The lowest BCUT2D eigenvalue weighted by molar-refractivity contribution is -0.899. The Labute approximate surface area is 209 Å². The van der Waals surface area contributed by atoms with Crippen LogP contribution in [0, 0.1) is 11.8 Å². The molecule has 4 aliphatic rings. The number of likely N-dealkylation sites (N-methyl/N-ethyl adjacent to an activating group) is 1. The van der Waals surface area contributed by atoms with E-state index in [2.05, 4.69) is 5.32 Å². The number of amides is 3. The van der Waals surface area contributed by atoms with E-state index in [4.69, 9.17) is 5.73 Å². The molecule has 0 aliphatic carbocycles. The molecule has 0 aromatic rings. The number of nitrogens with zero attached hydrogens (tertiary/aromatic N) is 3. The number of fused-ring (bicyclic) bond motifs is 1. The molecule has 35 heavy (non-hydrogen) atoms. The summed E-state index contributed by atoms with van der Waals surface area (Å²) in [6.45, 7) is 6.84. The maximum absolute atomic E-state index is 13.2. The van der Waals surface area contributed by atoms with Crippen LogP contribution in [-0.2, 0) is 19.2 Å². The zero-order valence-electron chi connectivity index (χ0n) is 20.4. The topological polar surface area (TPSA) is 156 Å². The highest BCUT2D eigenvalue weighted by molar-refractivity contribution is 8.03. The number of nitrogens with two attached hydrogens (primary N) is 1. The Morgan fingerprint density at radius 1 is 1.31 bits per heavy atom. The van der Waals surface area contributed by atoms with E-state index in [1.165, 1.54) is 16.7 Å². The van der Waals surface area contributed by atoms with Gasteiger partial charge < -0.3 is 40.3 Å². The first-order chi connectivity index (χ1) is 16.4. The highest BCUT2D eigenvalue weighted by Crippen LogP contribution is 2.51. The van der Waals surface area contributed by atoms with Gasteiger partial charge in [0.25, 0.3) is 5.91 Å². The van der Waals surface area contributed by atoms with Crippen molar-refractivity contribution in [3.8, 4) is 0 Å². The molecule has 0 saturated carbocycles. The fourth-order valence-electron chi connectivity index (χ4n) is 6.03. The second-order valence-electron chi connectivity index (χ2n) is 10.6. The molecule has 3 amide bonds. The molecule has 194 valence electrons. The number of primary amides is 1. The van der Waals surface area contributed by atoms with Crippen molar-refractivity contribution in [2.75, 3.05) is 46.3 Å². The van der Waals surface area contributed by atoms with Crippen LogP contribution < -0.4 is 16.2 Å². The summed E-state index contributed by atoms with van der Waals surface area (Å²) in [5.41, 5.74) is 5.30. The molecule has 11 nitrogen and oxygen atoms in total. The summed E-state index contributed by atoms with van der Waals surface area (Å²) >= 11 is 1.40. The molecule has 7 atom stereocenters. The van der Waals surface area contributed by atoms with E-state index >= 15 is 0 Å². The summed E-state index contributed by atoms with van der Waals surface area (Å²) in [6.07, 6.45) is 0.475. The van der Waals surface area contributed by atoms with Gasteiger partial charge >= 0.3 is 0 Å². The van der Waals surface area contributed by atoms with Gasteiger partial charge in [-0.2, -0.15) is 0 Å². The van der Waals surface area contributed by atoms with Gasteiger partial charge in [0.2, 0.25) is 11.8 Å². The normalized spacial score (nSPS) is 36.0. The van der Waals surface area contributed by atoms with Crippen molar-refractivity contribution in [3.63, 3.8) is 0 Å². The largest absolute Gasteiger partial charge is 0.543 e. The number of aliphatic hydroxyl groups is 1. The number of quaternary nitrogens is 1. The van der Waals surface area contributed by atoms with Crippen molar-refractivity contribution in [1.29, 1.82) is 0 Å². The van der Waals surface area contributed by atoms with Crippen LogP contribution in [0.2, 0.25) is 0 Å². The van der Waals surface area contributed by atoms with E-state index in [-0.39, 0.29) is 53.2 Å². The molecular formula is C23H35N5O6S. The number of β-lactam (4-membered cyclic amide) rings is 1. The zero-order chi connectivity index (χ0) is 25.7. The fourth-order valence-corrected chi connectivity index (χ4v) is 7.51. The maximum Gasteiger partial charge on any atom is 0.272 e. The van der Waals surface area contributed by atoms with Crippen molar-refractivity contribution in [2.45, 2.75) is 50.1 Å². The number of carbonyl (C=O) groups is 4. The first-order valence-corrected chi connectivity index (χ1v) is 13.1. The van der Waals surface area contributed by atoms with Crippen LogP contribution >= 0.6 is 11.8 Å². The van der Waals surface area contributed by atoms with Gasteiger partial charge in [-0.1, -0.05) is 6.92 Å². The van der Waals surface area contributed by atoms with E-state index in [9.17, 15) is 29.4 Å². The number of aliphatic carboxylic acids is 1. The van der Waals surface area contributed by atoms with E-state index < -0.39 is 18.0 Å². The van der Waals surface area contributed by atoms with Gasteiger partial charge in [-0.05, 0) is 13.3 Å². The van der Waals surface area contributed by atoms with Crippen molar-refractivity contribution in [2.24, 2.45) is 17.6 Å². The number of rotatable bonds is 7. The Hall–Kier alpha value is -2.15. The lowest BCUT2D eigenvalue weighted by Gasteiger charge is -2.47. The average Bonchev–Trinajstić information content (AvgIpc) is 3.25. The average molecular weight is 510 g/mol. The molecule has 4 heterocycles. The van der Waals surface area contributed by atoms with Gasteiger partial charge in [-0.25, -0.2) is 0 Å². The summed E-state index contributed by atoms with van der Waals surface area (Å²) in [7, 11) is 1.99. The van der Waals surface area contributed by atoms with Gasteiger partial charge in [0.1, 0.15) is 0 Å². The molecule has 3 fully saturated rings. The molecule has 4 N–H and O–H groups in total. The maximum atomic E-state index is 13.2. The minimum absolute atomic E-state index is 0.0161. The predicted octanol–water partition coefficient (Wildman–Crippen LogP) is -2.57. The standard InChI is InChI=1S/C23H35N5O6S/c1-12-18-17(13(2)29)22(32)27(18)19(23(33)34)20(12)35-14-9-15(25-10-14)21(31)26-5-4-7-28(3,8-6-26)11-16(24)30/h12-15,17-18,25,29H,4-11H2,1-3H3,(H2-,24,30,33,34)/t12-,13-,14+,15+,17-,18-,28?/m1/s1. The van der Waals surface area contributed by atoms with E-state index in [0.29, 0.717) is 42.0 Å². The Balaban J connectivity index is 1.39. The Kier molecular flexibility index (Phi) is 7.20. The number of carboxylic acid groups (broad SMARTS) is 1. The van der Waals surface area contributed by atoms with Crippen molar-refractivity contribution >= 4 is 35.5 Å². The molecule has 3 saturated heterocycles. The Morgan fingerprint density at radius 2 is 2.03 bits per heavy atom. The van der Waals surface area contributed by atoms with E-state index in [1.54, 1.807) is 6.92 Å². The van der Waals surface area contributed by atoms with Gasteiger partial charge in [-0.3, -0.25) is 14.4 Å². The summed E-state index contributed by atoms with van der Waals surface area (Å²) in [6, 6.07) is -0.747. The second-order valence-corrected chi connectivity index (χ2v) is 11.9. The number of carboxylic acids is 1. The molecule has 0 radical (unpaired) electrons. The van der Waals surface area contributed by atoms with Gasteiger partial charge in [0.15, 0.2) is 6.54 Å². The summed E-state index contributed by atoms with van der Waals surface area (Å²) in [4.78, 5) is 52.8. The van der Waals surface area contributed by atoms with Gasteiger partial charge in [0, 0.05) is 35.6 Å². The van der Waals surface area contributed by atoms with Crippen LogP contribution in [0.3, 0.4) is 0 Å². The third-order valence-electron chi connectivity index (χ3n) is 7.87. The number of hydrogen-bond donors (Lipinski definition) is 3. The van der Waals surface area contributed by atoms with Crippen molar-refractivity contribution in [3.05, 3.63) is 10.6 Å². The number of thioether (sulfide) groups is 1. The van der Waals surface area contributed by atoms with Crippen LogP contribution in [0.1, 0.15) is 26.7 Å². The SMILES string of the molecule is C[C@@H](O)[C@H]1C(=O)N2C(C(=O)[O-])=C(S[C@@H]3CN[C@H](C(=O)N4CCC[N+](C)(CC(N)=O)CC4)C3)[C@H](C)[C@H]12. The van der Waals surface area contributed by atoms with Crippen molar-refractivity contribution in [1.82, 2.24) is 15.1 Å². The first-order valence-electron chi connectivity index (χ1n) is 12.2. The summed E-state index contributed by atoms with van der Waals surface area (Å²) in [5, 5.41) is 25.2. The van der Waals surface area contributed by atoms with Crippen LogP contribution in [0.15, 0.2) is 10.6 Å². The van der Waals surface area contributed by atoms with Crippen molar-refractivity contribution < 1.29 is 33.9 Å². The lowest BCUT2D eigenvalue weighted by atomic mass is 9.79. The van der Waals surface area contributed by atoms with Crippen LogP contribution in [0.5, 0.6) is 0 Å². The number of aliphatic hydroxyl groups excluding tert-OH is 1. The second kappa shape index (κ2) is 9.72. The molecule has 0 bridgehead atoms. The summed E-state index contributed by atoms with van der Waals surface area (Å²) in [5.74, 6) is -2.95. The van der Waals surface area contributed by atoms with E-state index in [0.717, 1.165) is 13.0 Å². The predicted molar refractivity (Wildman–Crippen MR) is 126 cm³/mol. The minimum Gasteiger partial charge on any atom is -0.543 e. The van der Waals surface area contributed by atoms with Crippen LogP contribution in [0.25, 0.3) is 0 Å². The molecule has 4 aliphatic heterocycles. The number of hydrogen-bond acceptors (Lipinski definition) is 8.